The van der Waals surface area contributed by atoms with Gasteiger partial charge in [-0.3, -0.25) is 0 Å². The highest BCUT2D eigenvalue weighted by atomic mass is 15.4. The van der Waals surface area contributed by atoms with Crippen molar-refractivity contribution in [3.8, 4) is 0 Å². The Balaban J connectivity index is 1.74. The molecule has 2 aliphatic rings. The first kappa shape index (κ1) is 12.7. The molecule has 1 aromatic heterocycles. The lowest BCUT2D eigenvalue weighted by molar-refractivity contribution is 0.482. The molecule has 0 saturated carbocycles. The number of fused-ring (bicyclic) bond motifs is 3. The van der Waals surface area contributed by atoms with Crippen LogP contribution in [0.15, 0.2) is 24.3 Å². The summed E-state index contributed by atoms with van der Waals surface area (Å²) in [5.41, 5.74) is 4.14. The number of nitrogens with one attached hydrogen (secondary N) is 2. The molecule has 0 aliphatic carbocycles. The normalized spacial score (nSPS) is 20.1. The molecule has 1 aromatic carbocycles. The summed E-state index contributed by atoms with van der Waals surface area (Å²) in [4.78, 5) is 0. The van der Waals surface area contributed by atoms with E-state index in [-0.39, 0.29) is 0 Å². The molecule has 2 aromatic rings. The van der Waals surface area contributed by atoms with Gasteiger partial charge in [0, 0.05) is 18.7 Å². The van der Waals surface area contributed by atoms with E-state index >= 15 is 0 Å². The van der Waals surface area contributed by atoms with E-state index in [1.807, 2.05) is 0 Å². The minimum atomic E-state index is 0.361. The Kier molecular flexibility index (Phi) is 3.09. The van der Waals surface area contributed by atoms with E-state index in [1.54, 1.807) is 0 Å². The lowest BCUT2D eigenvalue weighted by Crippen LogP contribution is -2.24. The molecular weight excluding hydrogens is 260 g/mol. The Labute approximate surface area is 125 Å². The predicted octanol–water partition coefficient (Wildman–Crippen LogP) is 3.21. The molecule has 0 bridgehead atoms. The Bertz CT molecular complexity index is 642. The first-order valence-corrected chi connectivity index (χ1v) is 8.05. The minimum absolute atomic E-state index is 0.361. The minimum Gasteiger partial charge on any atom is -0.370 e. The topological polar surface area (TPSA) is 41.9 Å². The van der Waals surface area contributed by atoms with E-state index in [1.165, 1.54) is 28.9 Å². The first-order valence-electron chi connectivity index (χ1n) is 8.05. The molecule has 1 atom stereocenters. The first-order chi connectivity index (χ1) is 10.4. The maximum Gasteiger partial charge on any atom is 0.153 e. The van der Waals surface area contributed by atoms with E-state index in [0.29, 0.717) is 6.04 Å². The van der Waals surface area contributed by atoms with Crippen molar-refractivity contribution in [2.45, 2.75) is 38.6 Å². The Morgan fingerprint density at radius 3 is 2.86 bits per heavy atom. The third kappa shape index (κ3) is 2.09. The molecular formula is C17H22N4. The van der Waals surface area contributed by atoms with Gasteiger partial charge in [0.1, 0.15) is 5.82 Å². The monoisotopic (exact) mass is 282 g/mol. The molecule has 0 amide bonds. The fraction of sp³-hybridized carbons (Fsp3) is 0.471. The van der Waals surface area contributed by atoms with Crippen LogP contribution >= 0.6 is 0 Å². The van der Waals surface area contributed by atoms with Crippen LogP contribution in [0.3, 0.4) is 0 Å². The molecule has 2 aliphatic heterocycles. The summed E-state index contributed by atoms with van der Waals surface area (Å²) in [7, 11) is 0. The summed E-state index contributed by atoms with van der Waals surface area (Å²) < 4.78 is 2.20. The van der Waals surface area contributed by atoms with Gasteiger partial charge in [-0.05, 0) is 36.8 Å². The van der Waals surface area contributed by atoms with E-state index in [9.17, 15) is 0 Å². The van der Waals surface area contributed by atoms with Gasteiger partial charge in [0.2, 0.25) is 0 Å². The zero-order chi connectivity index (χ0) is 14.2. The smallest absolute Gasteiger partial charge is 0.153 e. The fourth-order valence-corrected chi connectivity index (χ4v) is 3.47. The summed E-state index contributed by atoms with van der Waals surface area (Å²) in [5, 5.41) is 11.8. The molecule has 0 fully saturated rings. The van der Waals surface area contributed by atoms with Crippen LogP contribution in [0.25, 0.3) is 0 Å². The molecule has 2 N–H and O–H groups in total. The molecule has 21 heavy (non-hydrogen) atoms. The van der Waals surface area contributed by atoms with Crippen LogP contribution in [0, 0.1) is 0 Å². The maximum absolute atomic E-state index is 4.83. The third-order valence-electron chi connectivity index (χ3n) is 4.68. The van der Waals surface area contributed by atoms with Gasteiger partial charge in [-0.15, -0.1) is 0 Å². The van der Waals surface area contributed by atoms with E-state index < -0.39 is 0 Å². The molecule has 0 saturated heterocycles. The number of anilines is 2. The van der Waals surface area contributed by atoms with E-state index in [0.717, 1.165) is 38.2 Å². The summed E-state index contributed by atoms with van der Waals surface area (Å²) in [6, 6.07) is 9.40. The van der Waals surface area contributed by atoms with Crippen LogP contribution < -0.4 is 10.6 Å². The van der Waals surface area contributed by atoms with Crippen LogP contribution in [0.1, 0.15) is 42.5 Å². The standard InChI is InChI=1S/C17H22N4/c1-2-12-5-7-13(8-6-12)15-9-11-19-17-14-4-3-10-18-16(14)20-21(15)17/h5-8,15,19H,2-4,9-11H2,1H3,(H,18,20). The number of aryl methyl sites for hydroxylation is 1. The van der Waals surface area contributed by atoms with E-state index in [4.69, 9.17) is 5.10 Å². The van der Waals surface area contributed by atoms with Gasteiger partial charge in [-0.1, -0.05) is 31.2 Å². The Morgan fingerprint density at radius 1 is 1.19 bits per heavy atom. The largest absolute Gasteiger partial charge is 0.370 e. The molecule has 0 radical (unpaired) electrons. The lowest BCUT2D eigenvalue weighted by atomic mass is 9.99. The molecule has 4 rings (SSSR count). The summed E-state index contributed by atoms with van der Waals surface area (Å²) in [6.07, 6.45) is 4.52. The molecule has 1 unspecified atom stereocenters. The number of hydrogen-bond donors (Lipinski definition) is 2. The summed E-state index contributed by atoms with van der Waals surface area (Å²) in [6.45, 7) is 4.27. The molecule has 4 nitrogen and oxygen atoms in total. The SMILES string of the molecule is CCc1ccc(C2CCNc3c4c(nn32)NCCC4)cc1. The number of hydrogen-bond acceptors (Lipinski definition) is 3. The number of rotatable bonds is 2. The van der Waals surface area contributed by atoms with E-state index in [2.05, 4.69) is 46.5 Å². The van der Waals surface area contributed by atoms with Crippen LogP contribution in [0.2, 0.25) is 0 Å². The highest BCUT2D eigenvalue weighted by Gasteiger charge is 2.28. The van der Waals surface area contributed by atoms with Crippen molar-refractivity contribution in [3.05, 3.63) is 41.0 Å². The zero-order valence-corrected chi connectivity index (χ0v) is 12.5. The van der Waals surface area contributed by atoms with Crippen LogP contribution in [-0.4, -0.2) is 22.9 Å². The van der Waals surface area contributed by atoms with Crippen LogP contribution in [0.5, 0.6) is 0 Å². The average Bonchev–Trinajstić information content (AvgIpc) is 2.94. The average molecular weight is 282 g/mol. The van der Waals surface area contributed by atoms with Crippen molar-refractivity contribution < 1.29 is 0 Å². The number of nitrogens with zero attached hydrogens (tertiary/aromatic N) is 2. The van der Waals surface area contributed by atoms with Crippen molar-refractivity contribution in [1.29, 1.82) is 0 Å². The maximum atomic E-state index is 4.83. The zero-order valence-electron chi connectivity index (χ0n) is 12.5. The van der Waals surface area contributed by atoms with Gasteiger partial charge in [-0.25, -0.2) is 4.68 Å². The van der Waals surface area contributed by atoms with Gasteiger partial charge in [0.05, 0.1) is 6.04 Å². The molecule has 110 valence electrons. The summed E-state index contributed by atoms with van der Waals surface area (Å²) in [5.74, 6) is 2.31. The second kappa shape index (κ2) is 5.10. The second-order valence-electron chi connectivity index (χ2n) is 5.98. The van der Waals surface area contributed by atoms with Crippen molar-refractivity contribution in [3.63, 3.8) is 0 Å². The van der Waals surface area contributed by atoms with Gasteiger partial charge >= 0.3 is 0 Å². The van der Waals surface area contributed by atoms with Gasteiger partial charge in [0.25, 0.3) is 0 Å². The van der Waals surface area contributed by atoms with Gasteiger partial charge in [-0.2, -0.15) is 5.10 Å². The Hall–Kier alpha value is -1.97. The molecule has 3 heterocycles. The predicted molar refractivity (Wildman–Crippen MR) is 86.1 cm³/mol. The molecule has 0 spiro atoms. The van der Waals surface area contributed by atoms with Crippen molar-refractivity contribution in [1.82, 2.24) is 9.78 Å². The Morgan fingerprint density at radius 2 is 2.05 bits per heavy atom. The van der Waals surface area contributed by atoms with Gasteiger partial charge < -0.3 is 10.6 Å². The second-order valence-corrected chi connectivity index (χ2v) is 5.98. The highest BCUT2D eigenvalue weighted by molar-refractivity contribution is 5.62. The van der Waals surface area contributed by atoms with Crippen molar-refractivity contribution in [2.75, 3.05) is 23.7 Å². The van der Waals surface area contributed by atoms with Crippen LogP contribution in [0.4, 0.5) is 11.6 Å². The summed E-state index contributed by atoms with van der Waals surface area (Å²) >= 11 is 0. The highest BCUT2D eigenvalue weighted by Crippen LogP contribution is 2.36. The quantitative estimate of drug-likeness (QED) is 0.888. The fourth-order valence-electron chi connectivity index (χ4n) is 3.47. The number of benzene rings is 1. The number of aromatic nitrogens is 2. The van der Waals surface area contributed by atoms with Crippen molar-refractivity contribution >= 4 is 11.6 Å². The lowest BCUT2D eigenvalue weighted by Gasteiger charge is -2.26. The third-order valence-corrected chi connectivity index (χ3v) is 4.68. The molecule has 4 heteroatoms. The van der Waals surface area contributed by atoms with Gasteiger partial charge in [0.15, 0.2) is 5.82 Å². The van der Waals surface area contributed by atoms with Crippen LogP contribution in [-0.2, 0) is 12.8 Å². The van der Waals surface area contributed by atoms with Crippen molar-refractivity contribution in [2.24, 2.45) is 0 Å².